The second-order valence-electron chi connectivity index (χ2n) is 9.49. The van der Waals surface area contributed by atoms with E-state index in [1.54, 1.807) is 6.92 Å². The summed E-state index contributed by atoms with van der Waals surface area (Å²) in [6, 6.07) is -0.0823. The Morgan fingerprint density at radius 2 is 1.97 bits per heavy atom. The number of carbonyl (C=O) groups is 2. The van der Waals surface area contributed by atoms with Gasteiger partial charge in [0.05, 0.1) is 0 Å². The molecule has 38 heavy (non-hydrogen) atoms. The highest BCUT2D eigenvalue weighted by atomic mass is 19.1. The molecule has 3 aliphatic heterocycles. The van der Waals surface area contributed by atoms with E-state index >= 15 is 0 Å². The predicted octanol–water partition coefficient (Wildman–Crippen LogP) is 2.19. The first-order valence-corrected chi connectivity index (χ1v) is 12.2. The van der Waals surface area contributed by atoms with Crippen LogP contribution in [0.25, 0.3) is 0 Å². The van der Waals surface area contributed by atoms with Crippen LogP contribution in [0.15, 0.2) is 23.1 Å². The molecule has 2 bridgehead atoms. The molecular weight excluding hydrogens is 511 g/mol. The quantitative estimate of drug-likeness (QED) is 0.600. The number of nitrogens with zero attached hydrogens (tertiary/aromatic N) is 2. The zero-order valence-corrected chi connectivity index (χ0v) is 20.6. The summed E-state index contributed by atoms with van der Waals surface area (Å²) in [7, 11) is 0. The Morgan fingerprint density at radius 1 is 1.26 bits per heavy atom. The van der Waals surface area contributed by atoms with E-state index in [0.717, 1.165) is 6.20 Å². The molecule has 3 aliphatic rings. The van der Waals surface area contributed by atoms with Crippen LogP contribution in [0.5, 0.6) is 5.75 Å². The van der Waals surface area contributed by atoms with Gasteiger partial charge in [-0.3, -0.25) is 14.4 Å². The summed E-state index contributed by atoms with van der Waals surface area (Å²) >= 11 is 0. The lowest BCUT2D eigenvalue weighted by Crippen LogP contribution is -2.52. The SMILES string of the molecule is CCO[C@@H]1CO[C@@]2(CC[C@H](C)N3C[C@H]2n2cc(C(=O)NCc4c(F)cc(F)cc4F)c(=O)c(O)c2C3=O)O1. The van der Waals surface area contributed by atoms with Crippen LogP contribution < -0.4 is 10.7 Å². The third kappa shape index (κ3) is 4.24. The van der Waals surface area contributed by atoms with Crippen LogP contribution in [0.4, 0.5) is 13.2 Å². The van der Waals surface area contributed by atoms with Crippen LogP contribution in [0.3, 0.4) is 0 Å². The summed E-state index contributed by atoms with van der Waals surface area (Å²) in [5, 5.41) is 13.0. The lowest BCUT2D eigenvalue weighted by molar-refractivity contribution is -0.235. The molecular formula is C25H26F3N3O7. The number of aromatic nitrogens is 1. The number of rotatable bonds is 5. The summed E-state index contributed by atoms with van der Waals surface area (Å²) in [5.41, 5.74) is -2.63. The summed E-state index contributed by atoms with van der Waals surface area (Å²) in [4.78, 5) is 40.8. The summed E-state index contributed by atoms with van der Waals surface area (Å²) < 4.78 is 60.4. The van der Waals surface area contributed by atoms with Crippen molar-refractivity contribution in [2.24, 2.45) is 0 Å². The van der Waals surface area contributed by atoms with Gasteiger partial charge in [0.15, 0.2) is 23.5 Å². The minimum Gasteiger partial charge on any atom is -0.503 e. The zero-order chi connectivity index (χ0) is 27.4. The second kappa shape index (κ2) is 9.71. The number of hydrogen-bond acceptors (Lipinski definition) is 7. The van der Waals surface area contributed by atoms with Crippen LogP contribution >= 0.6 is 0 Å². The lowest BCUT2D eigenvalue weighted by atomic mass is 9.99. The van der Waals surface area contributed by atoms with Gasteiger partial charge in [0, 0.05) is 56.1 Å². The van der Waals surface area contributed by atoms with Crippen LogP contribution in [-0.2, 0) is 20.8 Å². The fraction of sp³-hybridized carbons (Fsp3) is 0.480. The summed E-state index contributed by atoms with van der Waals surface area (Å²) in [5.74, 6) is -7.42. The molecule has 2 N–H and O–H groups in total. The maximum atomic E-state index is 14.0. The molecule has 1 spiro atoms. The zero-order valence-electron chi connectivity index (χ0n) is 20.6. The van der Waals surface area contributed by atoms with Crippen molar-refractivity contribution in [2.45, 2.75) is 57.4 Å². The molecule has 10 nitrogen and oxygen atoms in total. The van der Waals surface area contributed by atoms with Crippen molar-refractivity contribution in [3.63, 3.8) is 0 Å². The molecule has 2 amide bonds. The fourth-order valence-electron chi connectivity index (χ4n) is 5.27. The number of carbonyl (C=O) groups excluding carboxylic acids is 2. The first kappa shape index (κ1) is 26.2. The number of halogens is 3. The number of hydrogen-bond donors (Lipinski definition) is 2. The monoisotopic (exact) mass is 537 g/mol. The second-order valence-corrected chi connectivity index (χ2v) is 9.49. The molecule has 2 fully saturated rings. The van der Waals surface area contributed by atoms with E-state index in [1.165, 1.54) is 9.47 Å². The Labute approximate surface area is 214 Å². The average molecular weight is 537 g/mol. The topological polar surface area (TPSA) is 119 Å². The smallest absolute Gasteiger partial charge is 0.274 e. The van der Waals surface area contributed by atoms with Crippen LogP contribution in [-0.4, -0.2) is 64.3 Å². The van der Waals surface area contributed by atoms with Crippen LogP contribution in [0.2, 0.25) is 0 Å². The van der Waals surface area contributed by atoms with E-state index in [9.17, 15) is 32.7 Å². The molecule has 4 heterocycles. The largest absolute Gasteiger partial charge is 0.503 e. The van der Waals surface area contributed by atoms with Gasteiger partial charge in [-0.05, 0) is 20.3 Å². The highest BCUT2D eigenvalue weighted by Crippen LogP contribution is 2.45. The minimum atomic E-state index is -1.27. The van der Waals surface area contributed by atoms with E-state index in [1.807, 2.05) is 6.92 Å². The normalized spacial score (nSPS) is 26.4. The Morgan fingerprint density at radius 3 is 2.66 bits per heavy atom. The Balaban J connectivity index is 1.53. The van der Waals surface area contributed by atoms with Crippen molar-refractivity contribution in [1.29, 1.82) is 0 Å². The number of nitrogens with one attached hydrogen (secondary N) is 1. The van der Waals surface area contributed by atoms with E-state index in [2.05, 4.69) is 5.32 Å². The van der Waals surface area contributed by atoms with Crippen molar-refractivity contribution in [3.05, 3.63) is 62.8 Å². The van der Waals surface area contributed by atoms with Crippen molar-refractivity contribution in [1.82, 2.24) is 14.8 Å². The third-order valence-electron chi connectivity index (χ3n) is 7.25. The van der Waals surface area contributed by atoms with E-state index in [4.69, 9.17) is 14.2 Å². The van der Waals surface area contributed by atoms with E-state index < -0.39 is 76.2 Å². The summed E-state index contributed by atoms with van der Waals surface area (Å²) in [6.45, 7) is 3.55. The van der Waals surface area contributed by atoms with Gasteiger partial charge in [-0.2, -0.15) is 0 Å². The Bertz CT molecular complexity index is 1340. The van der Waals surface area contributed by atoms with Crippen molar-refractivity contribution >= 4 is 11.8 Å². The molecule has 4 atom stereocenters. The lowest BCUT2D eigenvalue weighted by Gasteiger charge is -2.42. The molecule has 13 heteroatoms. The van der Waals surface area contributed by atoms with Crippen molar-refractivity contribution < 1.29 is 42.1 Å². The molecule has 5 rings (SSSR count). The molecule has 2 saturated heterocycles. The molecule has 0 aliphatic carbocycles. The molecule has 204 valence electrons. The van der Waals surface area contributed by atoms with Gasteiger partial charge in [-0.1, -0.05) is 0 Å². The van der Waals surface area contributed by atoms with Gasteiger partial charge in [0.2, 0.25) is 5.43 Å². The molecule has 0 radical (unpaired) electrons. The molecule has 1 aromatic heterocycles. The Hall–Kier alpha value is -3.42. The van der Waals surface area contributed by atoms with Crippen molar-refractivity contribution in [3.8, 4) is 5.75 Å². The van der Waals surface area contributed by atoms with E-state index in [-0.39, 0.29) is 24.9 Å². The number of benzene rings is 1. The van der Waals surface area contributed by atoms with Gasteiger partial charge in [0.25, 0.3) is 11.8 Å². The number of ether oxygens (including phenoxy) is 3. The van der Waals surface area contributed by atoms with Gasteiger partial charge < -0.3 is 34.1 Å². The maximum absolute atomic E-state index is 14.0. The number of aromatic hydroxyl groups is 1. The van der Waals surface area contributed by atoms with E-state index in [0.29, 0.717) is 31.6 Å². The standard InChI is InChI=1S/C25H26F3N3O7/c1-3-36-19-11-37-25(38-19)5-4-12(2)30-10-18(25)31-9-15(21(32)22(33)20(31)24(30)35)23(34)29-8-14-16(27)6-13(26)7-17(14)28/h6-7,9,12,18-19,33H,3-5,8,10-11H2,1-2H3,(H,29,34)/t12-,18+,19-,25-/m0/s1. The fourth-order valence-corrected chi connectivity index (χ4v) is 5.27. The number of fused-ring (bicyclic) bond motifs is 5. The number of pyridine rings is 1. The first-order valence-electron chi connectivity index (χ1n) is 12.2. The van der Waals surface area contributed by atoms with Crippen LogP contribution in [0.1, 0.15) is 59.1 Å². The average Bonchev–Trinajstić information content (AvgIpc) is 3.22. The third-order valence-corrected chi connectivity index (χ3v) is 7.25. The summed E-state index contributed by atoms with van der Waals surface area (Å²) in [6.07, 6.45) is 1.31. The van der Waals surface area contributed by atoms with Gasteiger partial charge in [0.1, 0.15) is 35.7 Å². The van der Waals surface area contributed by atoms with Crippen molar-refractivity contribution in [2.75, 3.05) is 19.8 Å². The Kier molecular flexibility index (Phi) is 6.70. The van der Waals surface area contributed by atoms with Gasteiger partial charge in [-0.25, -0.2) is 13.2 Å². The molecule has 1 aromatic carbocycles. The molecule has 0 saturated carbocycles. The first-order chi connectivity index (χ1) is 18.1. The van der Waals surface area contributed by atoms with Gasteiger partial charge in [-0.15, -0.1) is 0 Å². The molecule has 2 aromatic rings. The van der Waals surface area contributed by atoms with Gasteiger partial charge >= 0.3 is 0 Å². The molecule has 0 unspecified atom stereocenters. The highest BCUT2D eigenvalue weighted by molar-refractivity contribution is 5.99. The number of amides is 2. The highest BCUT2D eigenvalue weighted by Gasteiger charge is 2.55. The van der Waals surface area contributed by atoms with Crippen LogP contribution in [0, 0.1) is 17.5 Å². The minimum absolute atomic E-state index is 0.112. The maximum Gasteiger partial charge on any atom is 0.274 e. The predicted molar refractivity (Wildman–Crippen MR) is 124 cm³/mol.